The molecule has 4 rings (SSSR count). The maximum atomic E-state index is 13.4. The average Bonchev–Trinajstić information content (AvgIpc) is 2.77. The molecule has 0 unspecified atom stereocenters. The molecule has 0 bridgehead atoms. The first-order chi connectivity index (χ1) is 15.0. The number of methoxy groups -OCH3 is 1. The summed E-state index contributed by atoms with van der Waals surface area (Å²) in [6.07, 6.45) is 3.22. The van der Waals surface area contributed by atoms with E-state index in [1.54, 1.807) is 23.8 Å². The number of rotatable bonds is 5. The third-order valence-electron chi connectivity index (χ3n) is 5.86. The maximum absolute atomic E-state index is 13.4. The molecule has 1 amide bonds. The highest BCUT2D eigenvalue weighted by molar-refractivity contribution is 7.99. The molecule has 7 heteroatoms. The minimum Gasteiger partial charge on any atom is -0.497 e. The van der Waals surface area contributed by atoms with Crippen molar-refractivity contribution < 1.29 is 9.53 Å². The number of carbonyl (C=O) groups excluding carboxylic acids is 1. The lowest BCUT2D eigenvalue weighted by atomic mass is 9.98. The summed E-state index contributed by atoms with van der Waals surface area (Å²) < 4.78 is 6.92. The van der Waals surface area contributed by atoms with Crippen LogP contribution in [0.5, 0.6) is 5.75 Å². The molecule has 0 aliphatic carbocycles. The lowest BCUT2D eigenvalue weighted by Gasteiger charge is -2.39. The van der Waals surface area contributed by atoms with Gasteiger partial charge in [-0.2, -0.15) is 0 Å². The summed E-state index contributed by atoms with van der Waals surface area (Å²) in [6.45, 7) is 4.22. The van der Waals surface area contributed by atoms with E-state index in [4.69, 9.17) is 9.72 Å². The van der Waals surface area contributed by atoms with E-state index in [1.165, 1.54) is 11.8 Å². The van der Waals surface area contributed by atoms with Crippen LogP contribution in [0.25, 0.3) is 16.6 Å². The van der Waals surface area contributed by atoms with Crippen molar-refractivity contribution in [3.63, 3.8) is 0 Å². The van der Waals surface area contributed by atoms with Gasteiger partial charge in [0, 0.05) is 18.2 Å². The van der Waals surface area contributed by atoms with Crippen LogP contribution >= 0.6 is 11.8 Å². The van der Waals surface area contributed by atoms with Crippen LogP contribution in [0.15, 0.2) is 58.5 Å². The molecule has 1 saturated heterocycles. The van der Waals surface area contributed by atoms with Crippen LogP contribution in [0.3, 0.4) is 0 Å². The van der Waals surface area contributed by atoms with Gasteiger partial charge in [-0.15, -0.1) is 0 Å². The van der Waals surface area contributed by atoms with Crippen molar-refractivity contribution in [1.82, 2.24) is 14.5 Å². The number of piperidine rings is 1. The molecule has 1 fully saturated rings. The Hall–Kier alpha value is -2.80. The Kier molecular flexibility index (Phi) is 6.32. The molecule has 1 aliphatic heterocycles. The summed E-state index contributed by atoms with van der Waals surface area (Å²) in [6, 6.07) is 15.1. The normalized spacial score (nSPS) is 18.9. The SMILES string of the molecule is COc1cccc(-n2c(SCC(=O)N3[C@H](C)CCC[C@H]3C)nc3ccccc3c2=O)c1. The third-order valence-corrected chi connectivity index (χ3v) is 6.79. The fraction of sp³-hybridized carbons (Fsp3) is 0.375. The molecule has 2 aromatic carbocycles. The minimum absolute atomic E-state index is 0.0873. The molecule has 0 radical (unpaired) electrons. The van der Waals surface area contributed by atoms with E-state index >= 15 is 0 Å². The number of hydrogen-bond acceptors (Lipinski definition) is 5. The molecule has 2 atom stereocenters. The number of fused-ring (bicyclic) bond motifs is 1. The third kappa shape index (κ3) is 4.32. The number of aromatic nitrogens is 2. The number of amides is 1. The quantitative estimate of drug-likeness (QED) is 0.440. The predicted octanol–water partition coefficient (Wildman–Crippen LogP) is 4.28. The highest BCUT2D eigenvalue weighted by Crippen LogP contribution is 2.27. The topological polar surface area (TPSA) is 64.4 Å². The van der Waals surface area contributed by atoms with Crippen LogP contribution in [0.2, 0.25) is 0 Å². The van der Waals surface area contributed by atoms with Crippen molar-refractivity contribution >= 4 is 28.6 Å². The number of benzene rings is 2. The van der Waals surface area contributed by atoms with Crippen molar-refractivity contribution in [3.05, 3.63) is 58.9 Å². The van der Waals surface area contributed by atoms with Crippen LogP contribution in [-0.2, 0) is 4.79 Å². The van der Waals surface area contributed by atoms with Gasteiger partial charge in [-0.25, -0.2) is 4.98 Å². The smallest absolute Gasteiger partial charge is 0.266 e. The Bertz CT molecular complexity index is 1150. The van der Waals surface area contributed by atoms with E-state index in [-0.39, 0.29) is 29.3 Å². The second-order valence-electron chi connectivity index (χ2n) is 7.97. The molecule has 6 nitrogen and oxygen atoms in total. The second-order valence-corrected chi connectivity index (χ2v) is 8.91. The van der Waals surface area contributed by atoms with Crippen molar-refractivity contribution in [1.29, 1.82) is 0 Å². The Morgan fingerprint density at radius 1 is 1.13 bits per heavy atom. The van der Waals surface area contributed by atoms with Crippen LogP contribution in [0, 0.1) is 0 Å². The van der Waals surface area contributed by atoms with Gasteiger partial charge in [0.25, 0.3) is 5.56 Å². The van der Waals surface area contributed by atoms with Gasteiger partial charge in [0.05, 0.1) is 29.5 Å². The van der Waals surface area contributed by atoms with Crippen molar-refractivity contribution in [3.8, 4) is 11.4 Å². The number of para-hydroxylation sites is 1. The lowest BCUT2D eigenvalue weighted by molar-refractivity contribution is -0.134. The van der Waals surface area contributed by atoms with Crippen molar-refractivity contribution in [2.24, 2.45) is 0 Å². The van der Waals surface area contributed by atoms with Gasteiger partial charge < -0.3 is 9.64 Å². The number of hydrogen-bond donors (Lipinski definition) is 0. The molecule has 1 aromatic heterocycles. The van der Waals surface area contributed by atoms with Gasteiger partial charge >= 0.3 is 0 Å². The monoisotopic (exact) mass is 437 g/mol. The maximum Gasteiger partial charge on any atom is 0.266 e. The lowest BCUT2D eigenvalue weighted by Crippen LogP contribution is -2.48. The Morgan fingerprint density at radius 2 is 1.87 bits per heavy atom. The molecule has 2 heterocycles. The predicted molar refractivity (Wildman–Crippen MR) is 124 cm³/mol. The summed E-state index contributed by atoms with van der Waals surface area (Å²) in [5.41, 5.74) is 1.13. The van der Waals surface area contributed by atoms with Crippen molar-refractivity contribution in [2.75, 3.05) is 12.9 Å². The first-order valence-corrected chi connectivity index (χ1v) is 11.6. The van der Waals surface area contributed by atoms with Crippen LogP contribution in [0.1, 0.15) is 33.1 Å². The largest absolute Gasteiger partial charge is 0.497 e. The molecular formula is C24H27N3O3S. The highest BCUT2D eigenvalue weighted by Gasteiger charge is 2.29. The summed E-state index contributed by atoms with van der Waals surface area (Å²) in [4.78, 5) is 33.2. The molecule has 0 saturated carbocycles. The van der Waals surface area contributed by atoms with Crippen molar-refractivity contribution in [2.45, 2.75) is 50.4 Å². The summed E-state index contributed by atoms with van der Waals surface area (Å²) in [5.74, 6) is 0.980. The fourth-order valence-electron chi connectivity index (χ4n) is 4.30. The van der Waals surface area contributed by atoms with Gasteiger partial charge in [-0.05, 0) is 57.4 Å². The van der Waals surface area contributed by atoms with Gasteiger partial charge in [0.1, 0.15) is 5.75 Å². The van der Waals surface area contributed by atoms with Crippen LogP contribution in [0.4, 0.5) is 0 Å². The number of thioether (sulfide) groups is 1. The molecule has 0 N–H and O–H groups in total. The highest BCUT2D eigenvalue weighted by atomic mass is 32.2. The van der Waals surface area contributed by atoms with E-state index in [0.29, 0.717) is 27.5 Å². The van der Waals surface area contributed by atoms with Gasteiger partial charge in [-0.3, -0.25) is 14.2 Å². The molecule has 1 aliphatic rings. The Labute approximate surface area is 186 Å². The molecule has 162 valence electrons. The number of carbonyl (C=O) groups is 1. The molecule has 0 spiro atoms. The number of ether oxygens (including phenoxy) is 1. The van der Waals surface area contributed by atoms with Crippen LogP contribution < -0.4 is 10.3 Å². The second kappa shape index (κ2) is 9.14. The van der Waals surface area contributed by atoms with E-state index in [0.717, 1.165) is 19.3 Å². The van der Waals surface area contributed by atoms with E-state index < -0.39 is 0 Å². The number of nitrogens with zero attached hydrogens (tertiary/aromatic N) is 3. The Morgan fingerprint density at radius 3 is 2.61 bits per heavy atom. The van der Waals surface area contributed by atoms with E-state index in [1.807, 2.05) is 41.3 Å². The standard InChI is InChI=1S/C24H27N3O3S/c1-16-8-6-9-17(2)26(16)22(28)15-31-24-25-21-13-5-4-12-20(21)23(29)27(24)18-10-7-11-19(14-18)30-3/h4-5,7,10-14,16-17H,6,8-9,15H2,1-3H3/t16-,17-/m1/s1. The van der Waals surface area contributed by atoms with E-state index in [2.05, 4.69) is 13.8 Å². The summed E-state index contributed by atoms with van der Waals surface area (Å²) >= 11 is 1.31. The first-order valence-electron chi connectivity index (χ1n) is 10.6. The van der Waals surface area contributed by atoms with Gasteiger partial charge in [0.2, 0.25) is 5.91 Å². The first kappa shape index (κ1) is 21.4. The van der Waals surface area contributed by atoms with E-state index in [9.17, 15) is 9.59 Å². The Balaban J connectivity index is 1.72. The zero-order chi connectivity index (χ0) is 22.0. The molecule has 3 aromatic rings. The summed E-state index contributed by atoms with van der Waals surface area (Å²) in [7, 11) is 1.59. The zero-order valence-electron chi connectivity index (χ0n) is 18.1. The zero-order valence-corrected chi connectivity index (χ0v) is 18.9. The average molecular weight is 438 g/mol. The van der Waals surface area contributed by atoms with Gasteiger partial charge in [0.15, 0.2) is 5.16 Å². The fourth-order valence-corrected chi connectivity index (χ4v) is 5.18. The molecular weight excluding hydrogens is 410 g/mol. The number of likely N-dealkylation sites (tertiary alicyclic amines) is 1. The summed E-state index contributed by atoms with van der Waals surface area (Å²) in [5, 5.41) is 1.04. The van der Waals surface area contributed by atoms with Crippen LogP contribution in [-0.4, -0.2) is 45.3 Å². The minimum atomic E-state index is -0.159. The molecule has 31 heavy (non-hydrogen) atoms. The van der Waals surface area contributed by atoms with Gasteiger partial charge in [-0.1, -0.05) is 30.0 Å².